The van der Waals surface area contributed by atoms with Crippen LogP contribution in [0.15, 0.2) is 60.1 Å². The molecule has 69 heavy (non-hydrogen) atoms. The fraction of sp³-hybridized carbons (Fsp3) is 0.510. The molecular formula is C51H67F3IN7O6S. The average molecular weight is 1090 g/mol. The Bertz CT molecular complexity index is 2330. The number of hydrogen-bond acceptors (Lipinski definition) is 10. The highest BCUT2D eigenvalue weighted by Gasteiger charge is 2.44. The number of nitrogens with zero attached hydrogens (tertiary/aromatic N) is 2. The number of carbonyl (C=O) groups excluding carboxylic acids is 4. The van der Waals surface area contributed by atoms with Crippen LogP contribution in [0.25, 0.3) is 10.4 Å². The summed E-state index contributed by atoms with van der Waals surface area (Å²) in [6, 6.07) is 12.0. The van der Waals surface area contributed by atoms with E-state index in [4.69, 9.17) is 4.84 Å². The molecule has 0 radical (unpaired) electrons. The molecule has 4 unspecified atom stereocenters. The van der Waals surface area contributed by atoms with Gasteiger partial charge >= 0.3 is 0 Å². The summed E-state index contributed by atoms with van der Waals surface area (Å²) in [6.45, 7) is 11.4. The van der Waals surface area contributed by atoms with Crippen LogP contribution in [0.2, 0.25) is 0 Å². The number of hydrogen-bond donors (Lipinski definition) is 6. The number of unbranched alkanes of at least 4 members (excludes halogenated alkanes) is 8. The molecule has 0 spiro atoms. The van der Waals surface area contributed by atoms with Crippen LogP contribution in [0.1, 0.15) is 132 Å². The number of hydroxylamine groups is 1. The smallest absolute Gasteiger partial charge is 0.277 e. The maximum Gasteiger partial charge on any atom is 0.277 e. The first-order chi connectivity index (χ1) is 32.9. The van der Waals surface area contributed by atoms with Crippen molar-refractivity contribution in [2.75, 3.05) is 31.6 Å². The number of rotatable bonds is 26. The van der Waals surface area contributed by atoms with Gasteiger partial charge < -0.3 is 31.3 Å². The number of nitrogens with one attached hydrogen (secondary N) is 5. The van der Waals surface area contributed by atoms with Crippen molar-refractivity contribution in [1.82, 2.24) is 31.3 Å². The van der Waals surface area contributed by atoms with E-state index >= 15 is 0 Å². The first-order valence-corrected chi connectivity index (χ1v) is 25.8. The van der Waals surface area contributed by atoms with E-state index in [1.165, 1.54) is 17.0 Å². The van der Waals surface area contributed by atoms with Crippen LogP contribution in [0.3, 0.4) is 0 Å². The highest BCUT2D eigenvalue weighted by molar-refractivity contribution is 14.1. The molecule has 5 rings (SSSR count). The van der Waals surface area contributed by atoms with Crippen LogP contribution in [0.5, 0.6) is 0 Å². The largest absolute Gasteiger partial charge is 0.391 e. The Morgan fingerprint density at radius 2 is 1.55 bits per heavy atom. The molecule has 1 aliphatic heterocycles. The lowest BCUT2D eigenvalue weighted by Gasteiger charge is -2.35. The van der Waals surface area contributed by atoms with E-state index in [9.17, 15) is 37.5 Å². The Kier molecular flexibility index (Phi) is 21.7. The van der Waals surface area contributed by atoms with Gasteiger partial charge in [-0.25, -0.2) is 23.6 Å². The standard InChI is InChI=1S/C51H67F3IN7O6S/c1-32(34-17-19-35(20-18-34)46-33(2)57-31-69-46)58-49(66)42-29-37(63)30-62(42)50(67)47(51(3,4)5)60-43(64)16-12-10-8-6-7-9-11-13-25-56-26-14-15-27-68-61-48(65)38-22-23-39(52)44(54)45(38)59-41-24-21-36(55)28-40(41)53/h17-24,28,31-32,37,42,47,56,59,63H,6-16,25-27,29-30H2,1-5H3,(H,58,66)(H,60,64)(H,61,65). The zero-order chi connectivity index (χ0) is 50.1. The molecule has 0 aliphatic carbocycles. The number of aliphatic hydroxyl groups is 1. The number of anilines is 2. The second-order valence-corrected chi connectivity index (χ2v) is 20.8. The van der Waals surface area contributed by atoms with Crippen molar-refractivity contribution < 1.29 is 42.3 Å². The number of carbonyl (C=O) groups is 4. The van der Waals surface area contributed by atoms with Crippen molar-refractivity contribution in [3.8, 4) is 10.4 Å². The molecule has 376 valence electrons. The number of β-amino-alcohol motifs (C(OH)–C–C–N with tert-alkyl or cyclic N) is 1. The Hall–Kier alpha value is -4.63. The molecule has 18 heteroatoms. The normalized spacial score (nSPS) is 15.7. The number of aromatic nitrogens is 1. The van der Waals surface area contributed by atoms with E-state index in [2.05, 4.69) is 31.7 Å². The average Bonchev–Trinajstić information content (AvgIpc) is 3.93. The summed E-state index contributed by atoms with van der Waals surface area (Å²) in [5.41, 5.74) is 5.54. The van der Waals surface area contributed by atoms with Crippen molar-refractivity contribution in [3.63, 3.8) is 0 Å². The summed E-state index contributed by atoms with van der Waals surface area (Å²) in [4.78, 5) is 65.7. The fourth-order valence-corrected chi connectivity index (χ4v) is 9.42. The van der Waals surface area contributed by atoms with Crippen LogP contribution in [0, 0.1) is 33.4 Å². The number of aliphatic hydroxyl groups excluding tert-OH is 1. The molecule has 6 N–H and O–H groups in total. The number of benzene rings is 3. The zero-order valence-corrected chi connectivity index (χ0v) is 43.2. The van der Waals surface area contributed by atoms with Crippen LogP contribution >= 0.6 is 33.9 Å². The predicted octanol–water partition coefficient (Wildman–Crippen LogP) is 9.80. The second kappa shape index (κ2) is 27.1. The minimum absolute atomic E-state index is 0.0177. The lowest BCUT2D eigenvalue weighted by atomic mass is 9.85. The zero-order valence-electron chi connectivity index (χ0n) is 40.2. The van der Waals surface area contributed by atoms with E-state index in [0.29, 0.717) is 22.8 Å². The Labute approximate surface area is 421 Å². The molecule has 1 aliphatic rings. The van der Waals surface area contributed by atoms with E-state index in [-0.39, 0.29) is 54.6 Å². The summed E-state index contributed by atoms with van der Waals surface area (Å²) in [7, 11) is 0. The van der Waals surface area contributed by atoms with Crippen LogP contribution in [-0.2, 0) is 19.2 Å². The first-order valence-electron chi connectivity index (χ1n) is 23.9. The maximum atomic E-state index is 14.7. The molecule has 13 nitrogen and oxygen atoms in total. The van der Waals surface area contributed by atoms with Gasteiger partial charge in [-0.15, -0.1) is 11.3 Å². The third-order valence-electron chi connectivity index (χ3n) is 12.1. The van der Waals surface area contributed by atoms with Crippen LogP contribution in [-0.4, -0.2) is 83.0 Å². The van der Waals surface area contributed by atoms with Gasteiger partial charge in [0, 0.05) is 23.0 Å². The van der Waals surface area contributed by atoms with Gasteiger partial charge in [-0.3, -0.25) is 24.0 Å². The third kappa shape index (κ3) is 16.7. The Morgan fingerprint density at radius 3 is 2.20 bits per heavy atom. The minimum atomic E-state index is -1.31. The van der Waals surface area contributed by atoms with Crippen molar-refractivity contribution >= 4 is 68.9 Å². The molecule has 4 atom stereocenters. The molecule has 1 saturated heterocycles. The van der Waals surface area contributed by atoms with Crippen molar-refractivity contribution in [2.24, 2.45) is 5.41 Å². The van der Waals surface area contributed by atoms with E-state index < -0.39 is 52.6 Å². The van der Waals surface area contributed by atoms with Gasteiger partial charge in [0.15, 0.2) is 11.6 Å². The van der Waals surface area contributed by atoms with Gasteiger partial charge in [-0.2, -0.15) is 0 Å². The molecule has 0 bridgehead atoms. The van der Waals surface area contributed by atoms with E-state index in [1.807, 2.05) is 87.0 Å². The van der Waals surface area contributed by atoms with Crippen LogP contribution < -0.4 is 26.7 Å². The number of thiazole rings is 1. The molecule has 1 aromatic heterocycles. The number of amides is 4. The van der Waals surface area contributed by atoms with Crippen molar-refractivity contribution in [2.45, 2.75) is 136 Å². The van der Waals surface area contributed by atoms with Gasteiger partial charge in [-0.1, -0.05) is 83.6 Å². The highest BCUT2D eigenvalue weighted by atomic mass is 127. The lowest BCUT2D eigenvalue weighted by Crippen LogP contribution is -2.57. The Morgan fingerprint density at radius 1 is 0.884 bits per heavy atom. The quantitative estimate of drug-likeness (QED) is 0.0203. The van der Waals surface area contributed by atoms with Crippen LogP contribution in [0.4, 0.5) is 24.5 Å². The number of aryl methyl sites for hydroxylation is 1. The predicted molar refractivity (Wildman–Crippen MR) is 272 cm³/mol. The SMILES string of the molecule is Cc1ncsc1-c1ccc(C(C)NC(=O)C2CC(O)CN2C(=O)C(NC(=O)CCCCCCCCCCNCCCCONC(=O)c2ccc(F)c(F)c2Nc2ccc(I)cc2F)C(C)(C)C)cc1. The van der Waals surface area contributed by atoms with Gasteiger partial charge in [0.05, 0.1) is 51.8 Å². The van der Waals surface area contributed by atoms with Gasteiger partial charge in [0.1, 0.15) is 17.9 Å². The first kappa shape index (κ1) is 55.3. The fourth-order valence-electron chi connectivity index (χ4n) is 8.15. The van der Waals surface area contributed by atoms with Gasteiger partial charge in [0.2, 0.25) is 17.7 Å². The summed E-state index contributed by atoms with van der Waals surface area (Å²) >= 11 is 3.50. The van der Waals surface area contributed by atoms with E-state index in [1.54, 1.807) is 17.4 Å². The topological polar surface area (TPSA) is 174 Å². The summed E-state index contributed by atoms with van der Waals surface area (Å²) in [5.74, 6) is -4.89. The monoisotopic (exact) mass is 1090 g/mol. The van der Waals surface area contributed by atoms with Crippen molar-refractivity contribution in [3.05, 3.63) is 98.0 Å². The summed E-state index contributed by atoms with van der Waals surface area (Å²) < 4.78 is 43.7. The van der Waals surface area contributed by atoms with Gasteiger partial charge in [-0.05, 0) is 122 Å². The lowest BCUT2D eigenvalue weighted by molar-refractivity contribution is -0.144. The third-order valence-corrected chi connectivity index (χ3v) is 13.8. The molecule has 4 amide bonds. The van der Waals surface area contributed by atoms with Crippen molar-refractivity contribution in [1.29, 1.82) is 0 Å². The molecular weight excluding hydrogens is 1020 g/mol. The molecule has 1 fully saturated rings. The molecule has 0 saturated carbocycles. The number of halogens is 4. The molecule has 2 heterocycles. The molecule has 3 aromatic carbocycles. The molecule has 4 aromatic rings. The Balaban J connectivity index is 0.898. The van der Waals surface area contributed by atoms with Gasteiger partial charge in [0.25, 0.3) is 5.91 Å². The second-order valence-electron chi connectivity index (χ2n) is 18.7. The number of likely N-dealkylation sites (tertiary alicyclic amines) is 1. The summed E-state index contributed by atoms with van der Waals surface area (Å²) in [6.07, 6.45) is 9.08. The summed E-state index contributed by atoms with van der Waals surface area (Å²) in [5, 5.41) is 22.5. The minimum Gasteiger partial charge on any atom is -0.391 e. The maximum absolute atomic E-state index is 14.7. The van der Waals surface area contributed by atoms with E-state index in [0.717, 1.165) is 98.3 Å². The highest BCUT2D eigenvalue weighted by Crippen LogP contribution is 2.31.